The number of ether oxygens (including phenoxy) is 2. The van der Waals surface area contributed by atoms with Gasteiger partial charge in [0.1, 0.15) is 30.5 Å². The fraction of sp³-hybridized carbons (Fsp3) is 0.883. The highest BCUT2D eigenvalue weighted by atomic mass is 16.7. The minimum Gasteiger partial charge on any atom is -0.394 e. The van der Waals surface area contributed by atoms with Gasteiger partial charge in [-0.15, -0.1) is 0 Å². The van der Waals surface area contributed by atoms with Gasteiger partial charge in [0.05, 0.1) is 25.4 Å². The van der Waals surface area contributed by atoms with Gasteiger partial charge in [-0.2, -0.15) is 0 Å². The summed E-state index contributed by atoms with van der Waals surface area (Å²) < 4.78 is 11.2. The Morgan fingerprint density at radius 3 is 1.27 bits per heavy atom. The standard InChI is InChI=1S/C60H113NO9/c1-3-5-7-9-11-13-15-17-18-19-20-21-22-23-24-25-26-27-28-29-30-31-32-33-34-35-37-39-41-43-45-47-49-54(64)59(68)61-52(51-69-60-58(67)57(66)56(65)55(50-62)70-60)53(63)48-46-44-42-40-38-36-16-14-12-10-8-6-4-2/h20-21,23-24,46,48,52-58,60,62-67H,3-19,22,25-45,47,49-51H2,1-2H3,(H,61,68)/b21-20-,24-23-,48-46+. The summed E-state index contributed by atoms with van der Waals surface area (Å²) in [5.74, 6) is -0.614. The molecule has 1 fully saturated rings. The number of hydrogen-bond donors (Lipinski definition) is 7. The van der Waals surface area contributed by atoms with Crippen molar-refractivity contribution in [1.82, 2.24) is 5.32 Å². The Hall–Kier alpha value is -1.63. The second-order valence-corrected chi connectivity index (χ2v) is 20.9. The van der Waals surface area contributed by atoms with Gasteiger partial charge in [0.15, 0.2) is 6.29 Å². The van der Waals surface area contributed by atoms with Crippen LogP contribution in [0.3, 0.4) is 0 Å². The normalized spacial score (nSPS) is 20.0. The Kier molecular flexibility index (Phi) is 47.0. The predicted molar refractivity (Wildman–Crippen MR) is 292 cm³/mol. The summed E-state index contributed by atoms with van der Waals surface area (Å²) in [6, 6.07) is -0.979. The Labute approximate surface area is 430 Å². The summed E-state index contributed by atoms with van der Waals surface area (Å²) in [5.41, 5.74) is 0. The lowest BCUT2D eigenvalue weighted by Gasteiger charge is -2.40. The zero-order valence-electron chi connectivity index (χ0n) is 45.4. The number of aliphatic hydroxyl groups excluding tert-OH is 6. The largest absolute Gasteiger partial charge is 0.394 e. The Morgan fingerprint density at radius 1 is 0.500 bits per heavy atom. The molecule has 0 aromatic rings. The first-order valence-electron chi connectivity index (χ1n) is 29.8. The summed E-state index contributed by atoms with van der Waals surface area (Å²) in [6.45, 7) is 3.63. The van der Waals surface area contributed by atoms with Crippen LogP contribution < -0.4 is 5.32 Å². The molecule has 1 heterocycles. The van der Waals surface area contributed by atoms with Crippen LogP contribution in [0.2, 0.25) is 0 Å². The van der Waals surface area contributed by atoms with Crippen LogP contribution >= 0.6 is 0 Å². The van der Waals surface area contributed by atoms with Gasteiger partial charge >= 0.3 is 0 Å². The lowest BCUT2D eigenvalue weighted by atomic mass is 9.99. The van der Waals surface area contributed by atoms with Gasteiger partial charge in [-0.3, -0.25) is 4.79 Å². The fourth-order valence-corrected chi connectivity index (χ4v) is 9.49. The second-order valence-electron chi connectivity index (χ2n) is 20.9. The molecule has 8 unspecified atom stereocenters. The Balaban J connectivity index is 2.16. The van der Waals surface area contributed by atoms with Crippen LogP contribution in [0.4, 0.5) is 0 Å². The van der Waals surface area contributed by atoms with Crippen molar-refractivity contribution in [3.8, 4) is 0 Å². The lowest BCUT2D eigenvalue weighted by molar-refractivity contribution is -0.302. The summed E-state index contributed by atoms with van der Waals surface area (Å²) in [7, 11) is 0. The highest BCUT2D eigenvalue weighted by Gasteiger charge is 2.44. The molecule has 1 aliphatic rings. The molecule has 70 heavy (non-hydrogen) atoms. The van der Waals surface area contributed by atoms with E-state index in [4.69, 9.17) is 9.47 Å². The molecule has 0 bridgehead atoms. The average molecular weight is 993 g/mol. The minimum atomic E-state index is -1.61. The lowest BCUT2D eigenvalue weighted by Crippen LogP contribution is -2.60. The molecule has 8 atom stereocenters. The van der Waals surface area contributed by atoms with Crippen molar-refractivity contribution >= 4 is 5.91 Å². The van der Waals surface area contributed by atoms with Crippen LogP contribution in [-0.4, -0.2) is 98.7 Å². The second kappa shape index (κ2) is 49.6. The zero-order valence-corrected chi connectivity index (χ0v) is 45.4. The van der Waals surface area contributed by atoms with E-state index >= 15 is 0 Å². The van der Waals surface area contributed by atoms with Crippen molar-refractivity contribution in [1.29, 1.82) is 0 Å². The Morgan fingerprint density at radius 2 is 0.871 bits per heavy atom. The van der Waals surface area contributed by atoms with Crippen molar-refractivity contribution in [3.63, 3.8) is 0 Å². The molecule has 10 heteroatoms. The van der Waals surface area contributed by atoms with E-state index < -0.39 is 61.5 Å². The molecule has 10 nitrogen and oxygen atoms in total. The van der Waals surface area contributed by atoms with E-state index in [9.17, 15) is 35.4 Å². The number of allylic oxidation sites excluding steroid dienone is 5. The maximum absolute atomic E-state index is 13.1. The fourth-order valence-electron chi connectivity index (χ4n) is 9.49. The SMILES string of the molecule is CCCCCCCCCCC/C=C\C/C=C\CCCCCCCCCCCCCCCCCCC(O)C(=O)NC(COC1OC(CO)C(O)C(O)C1O)C(O)/C=C/CCCCCCCCCCCCC. The molecular formula is C60H113NO9. The van der Waals surface area contributed by atoms with Crippen LogP contribution in [0.1, 0.15) is 277 Å². The van der Waals surface area contributed by atoms with E-state index in [0.717, 1.165) is 51.4 Å². The van der Waals surface area contributed by atoms with E-state index in [1.54, 1.807) is 6.08 Å². The maximum Gasteiger partial charge on any atom is 0.249 e. The molecule has 1 aliphatic heterocycles. The van der Waals surface area contributed by atoms with Crippen molar-refractivity contribution in [2.45, 2.75) is 326 Å². The smallest absolute Gasteiger partial charge is 0.249 e. The quantitative estimate of drug-likeness (QED) is 0.0232. The minimum absolute atomic E-state index is 0.304. The maximum atomic E-state index is 13.1. The van der Waals surface area contributed by atoms with Crippen LogP contribution in [0, 0.1) is 0 Å². The molecule has 0 aliphatic carbocycles. The highest BCUT2D eigenvalue weighted by molar-refractivity contribution is 5.80. The number of carbonyl (C=O) groups is 1. The third-order valence-corrected chi connectivity index (χ3v) is 14.3. The number of unbranched alkanes of at least 4 members (excludes halogenated alkanes) is 36. The number of hydrogen-bond acceptors (Lipinski definition) is 9. The molecule has 1 saturated heterocycles. The zero-order chi connectivity index (χ0) is 51.0. The molecule has 0 aromatic heterocycles. The third kappa shape index (κ3) is 38.0. The number of nitrogens with one attached hydrogen (secondary N) is 1. The van der Waals surface area contributed by atoms with Gasteiger partial charge in [0.2, 0.25) is 5.91 Å². The van der Waals surface area contributed by atoms with Crippen LogP contribution in [-0.2, 0) is 14.3 Å². The molecule has 0 radical (unpaired) electrons. The van der Waals surface area contributed by atoms with Gasteiger partial charge in [-0.1, -0.05) is 262 Å². The first kappa shape index (κ1) is 66.4. The summed E-state index contributed by atoms with van der Waals surface area (Å²) in [5, 5.41) is 64.9. The van der Waals surface area contributed by atoms with Gasteiger partial charge in [0, 0.05) is 0 Å². The molecule has 0 aromatic carbocycles. The monoisotopic (exact) mass is 992 g/mol. The van der Waals surface area contributed by atoms with Crippen LogP contribution in [0.25, 0.3) is 0 Å². The molecule has 0 saturated carbocycles. The predicted octanol–water partition coefficient (Wildman–Crippen LogP) is 13.7. The van der Waals surface area contributed by atoms with E-state index in [0.29, 0.717) is 6.42 Å². The first-order valence-corrected chi connectivity index (χ1v) is 29.8. The Bertz CT molecular complexity index is 1210. The highest BCUT2D eigenvalue weighted by Crippen LogP contribution is 2.23. The van der Waals surface area contributed by atoms with E-state index in [1.807, 2.05) is 6.08 Å². The van der Waals surface area contributed by atoms with Gasteiger partial charge in [-0.25, -0.2) is 0 Å². The van der Waals surface area contributed by atoms with Crippen LogP contribution in [0.5, 0.6) is 0 Å². The number of aliphatic hydroxyl groups is 6. The summed E-state index contributed by atoms with van der Waals surface area (Å²) in [4.78, 5) is 13.1. The van der Waals surface area contributed by atoms with E-state index in [-0.39, 0.29) is 6.61 Å². The van der Waals surface area contributed by atoms with Crippen molar-refractivity contribution < 1.29 is 44.9 Å². The average Bonchev–Trinajstić information content (AvgIpc) is 3.36. The topological polar surface area (TPSA) is 169 Å². The van der Waals surface area contributed by atoms with Crippen molar-refractivity contribution in [3.05, 3.63) is 36.5 Å². The van der Waals surface area contributed by atoms with Crippen LogP contribution in [0.15, 0.2) is 36.5 Å². The molecule has 7 N–H and O–H groups in total. The van der Waals surface area contributed by atoms with Gasteiger partial charge < -0.3 is 45.4 Å². The number of rotatable bonds is 51. The van der Waals surface area contributed by atoms with Gasteiger partial charge in [-0.05, 0) is 51.4 Å². The molecule has 1 rings (SSSR count). The first-order chi connectivity index (χ1) is 34.3. The number of amides is 1. The molecule has 412 valence electrons. The molecule has 0 spiro atoms. The van der Waals surface area contributed by atoms with Crippen molar-refractivity contribution in [2.75, 3.05) is 13.2 Å². The summed E-state index contributed by atoms with van der Waals surface area (Å²) in [6.07, 6.45) is 54.1. The van der Waals surface area contributed by atoms with E-state index in [2.05, 4.69) is 43.5 Å². The van der Waals surface area contributed by atoms with E-state index in [1.165, 1.54) is 205 Å². The summed E-state index contributed by atoms with van der Waals surface area (Å²) >= 11 is 0. The number of carbonyl (C=O) groups excluding carboxylic acids is 1. The molecular weight excluding hydrogens is 879 g/mol. The van der Waals surface area contributed by atoms with Gasteiger partial charge in [0.25, 0.3) is 0 Å². The van der Waals surface area contributed by atoms with Crippen molar-refractivity contribution in [2.24, 2.45) is 0 Å². The third-order valence-electron chi connectivity index (χ3n) is 14.3. The molecule has 1 amide bonds.